The van der Waals surface area contributed by atoms with Crippen molar-refractivity contribution >= 4 is 5.78 Å². The molecule has 0 spiro atoms. The molecule has 4 heteroatoms. The SMILES string of the molecule is CC[C@@H](O)[C@@H](O)[C@H](O)CC(=O)C(C)C. The molecule has 0 aliphatic carbocycles. The minimum Gasteiger partial charge on any atom is -0.390 e. The molecule has 0 aliphatic heterocycles. The van der Waals surface area contributed by atoms with E-state index in [1.165, 1.54) is 0 Å². The van der Waals surface area contributed by atoms with Crippen molar-refractivity contribution in [3.05, 3.63) is 0 Å². The van der Waals surface area contributed by atoms with Gasteiger partial charge in [0.1, 0.15) is 11.9 Å². The van der Waals surface area contributed by atoms with Crippen molar-refractivity contribution in [3.63, 3.8) is 0 Å². The van der Waals surface area contributed by atoms with Crippen LogP contribution in [-0.4, -0.2) is 39.4 Å². The van der Waals surface area contributed by atoms with Crippen LogP contribution in [-0.2, 0) is 4.79 Å². The van der Waals surface area contributed by atoms with Gasteiger partial charge < -0.3 is 15.3 Å². The van der Waals surface area contributed by atoms with Crippen molar-refractivity contribution in [1.82, 2.24) is 0 Å². The highest BCUT2D eigenvalue weighted by Crippen LogP contribution is 2.10. The van der Waals surface area contributed by atoms with Gasteiger partial charge in [-0.05, 0) is 6.42 Å². The minimum absolute atomic E-state index is 0.101. The molecule has 3 N–H and O–H groups in total. The number of hydrogen-bond acceptors (Lipinski definition) is 4. The topological polar surface area (TPSA) is 77.8 Å². The monoisotopic (exact) mass is 204 g/mol. The van der Waals surface area contributed by atoms with E-state index in [1.54, 1.807) is 20.8 Å². The third kappa shape index (κ3) is 4.17. The summed E-state index contributed by atoms with van der Waals surface area (Å²) in [5.41, 5.74) is 0. The molecular weight excluding hydrogens is 184 g/mol. The lowest BCUT2D eigenvalue weighted by molar-refractivity contribution is -0.127. The van der Waals surface area contributed by atoms with Crippen LogP contribution in [0.25, 0.3) is 0 Å². The summed E-state index contributed by atoms with van der Waals surface area (Å²) in [6.07, 6.45) is -3.11. The maximum absolute atomic E-state index is 11.2. The molecule has 0 aliphatic rings. The molecular formula is C10H20O4. The molecule has 0 aromatic rings. The standard InChI is InChI=1S/C10H20O4/c1-4-7(11)10(14)9(13)5-8(12)6(2)3/h6-7,9-11,13-14H,4-5H2,1-3H3/t7-,9-,10-/m1/s1. The van der Waals surface area contributed by atoms with Gasteiger partial charge in [-0.15, -0.1) is 0 Å². The van der Waals surface area contributed by atoms with Crippen LogP contribution in [0.2, 0.25) is 0 Å². The van der Waals surface area contributed by atoms with Crippen LogP contribution < -0.4 is 0 Å². The van der Waals surface area contributed by atoms with Crippen LogP contribution in [0.15, 0.2) is 0 Å². The fraction of sp³-hybridized carbons (Fsp3) is 0.900. The molecule has 0 saturated heterocycles. The van der Waals surface area contributed by atoms with Crippen LogP contribution in [0.4, 0.5) is 0 Å². The highest BCUT2D eigenvalue weighted by Gasteiger charge is 2.25. The quantitative estimate of drug-likeness (QED) is 0.573. The molecule has 0 heterocycles. The van der Waals surface area contributed by atoms with Gasteiger partial charge in [0.25, 0.3) is 0 Å². The average Bonchev–Trinajstić information content (AvgIpc) is 2.14. The number of carbonyl (C=O) groups excluding carboxylic acids is 1. The molecule has 4 nitrogen and oxygen atoms in total. The van der Waals surface area contributed by atoms with E-state index in [-0.39, 0.29) is 18.1 Å². The van der Waals surface area contributed by atoms with Gasteiger partial charge in [0, 0.05) is 12.3 Å². The molecule has 0 radical (unpaired) electrons. The molecule has 0 amide bonds. The van der Waals surface area contributed by atoms with Gasteiger partial charge in [0.05, 0.1) is 12.2 Å². The molecule has 0 saturated carbocycles. The van der Waals surface area contributed by atoms with Gasteiger partial charge in [0.15, 0.2) is 0 Å². The third-order valence-electron chi connectivity index (χ3n) is 2.26. The van der Waals surface area contributed by atoms with Crippen molar-refractivity contribution in [1.29, 1.82) is 0 Å². The van der Waals surface area contributed by atoms with Gasteiger partial charge in [-0.1, -0.05) is 20.8 Å². The summed E-state index contributed by atoms with van der Waals surface area (Å²) >= 11 is 0. The van der Waals surface area contributed by atoms with Crippen molar-refractivity contribution in [2.45, 2.75) is 51.9 Å². The molecule has 0 aromatic carbocycles. The summed E-state index contributed by atoms with van der Waals surface area (Å²) in [7, 11) is 0. The summed E-state index contributed by atoms with van der Waals surface area (Å²) in [5, 5.41) is 28.0. The normalized spacial score (nSPS) is 17.9. The van der Waals surface area contributed by atoms with Crippen LogP contribution in [0.5, 0.6) is 0 Å². The van der Waals surface area contributed by atoms with Crippen LogP contribution in [0, 0.1) is 5.92 Å². The zero-order chi connectivity index (χ0) is 11.3. The van der Waals surface area contributed by atoms with Crippen molar-refractivity contribution in [3.8, 4) is 0 Å². The Balaban J connectivity index is 4.07. The number of hydrogen-bond donors (Lipinski definition) is 3. The summed E-state index contributed by atoms with van der Waals surface area (Å²) in [6.45, 7) is 5.17. The second-order valence-electron chi connectivity index (χ2n) is 3.86. The Labute approximate surface area is 84.6 Å². The van der Waals surface area contributed by atoms with Crippen LogP contribution >= 0.6 is 0 Å². The number of ketones is 1. The predicted octanol–water partition coefficient (Wildman–Crippen LogP) is 0.0943. The molecule has 0 unspecified atom stereocenters. The summed E-state index contributed by atoms with van der Waals surface area (Å²) < 4.78 is 0. The van der Waals surface area contributed by atoms with Gasteiger partial charge in [0.2, 0.25) is 0 Å². The van der Waals surface area contributed by atoms with Gasteiger partial charge in [-0.3, -0.25) is 4.79 Å². The Morgan fingerprint density at radius 1 is 1.14 bits per heavy atom. The fourth-order valence-corrected chi connectivity index (χ4v) is 1.06. The first kappa shape index (κ1) is 13.5. The van der Waals surface area contributed by atoms with Crippen molar-refractivity contribution in [2.24, 2.45) is 5.92 Å². The lowest BCUT2D eigenvalue weighted by atomic mass is 9.97. The van der Waals surface area contributed by atoms with E-state index in [4.69, 9.17) is 0 Å². The Hall–Kier alpha value is -0.450. The molecule has 84 valence electrons. The van der Waals surface area contributed by atoms with E-state index in [1.807, 2.05) is 0 Å². The number of carbonyl (C=O) groups is 1. The Kier molecular flexibility index (Phi) is 5.92. The molecule has 3 atom stereocenters. The van der Waals surface area contributed by atoms with Crippen LogP contribution in [0.3, 0.4) is 0 Å². The number of Topliss-reactive ketones (excluding diaryl/α,β-unsaturated/α-hetero) is 1. The zero-order valence-electron chi connectivity index (χ0n) is 8.97. The summed E-state index contributed by atoms with van der Waals surface area (Å²) in [5.74, 6) is -0.268. The first-order valence-electron chi connectivity index (χ1n) is 4.97. The predicted molar refractivity (Wildman–Crippen MR) is 52.8 cm³/mol. The van der Waals surface area contributed by atoms with E-state index < -0.39 is 18.3 Å². The molecule has 0 bridgehead atoms. The lowest BCUT2D eigenvalue weighted by Gasteiger charge is -2.21. The maximum atomic E-state index is 11.2. The van der Waals surface area contributed by atoms with E-state index >= 15 is 0 Å². The number of aliphatic hydroxyl groups excluding tert-OH is 3. The summed E-state index contributed by atoms with van der Waals surface area (Å²) in [6, 6.07) is 0. The maximum Gasteiger partial charge on any atom is 0.138 e. The molecule has 0 fully saturated rings. The van der Waals surface area contributed by atoms with Crippen molar-refractivity contribution in [2.75, 3.05) is 0 Å². The van der Waals surface area contributed by atoms with E-state index in [0.29, 0.717) is 6.42 Å². The van der Waals surface area contributed by atoms with E-state index in [0.717, 1.165) is 0 Å². The van der Waals surface area contributed by atoms with Gasteiger partial charge in [-0.2, -0.15) is 0 Å². The zero-order valence-corrected chi connectivity index (χ0v) is 8.97. The largest absolute Gasteiger partial charge is 0.390 e. The Morgan fingerprint density at radius 3 is 2.00 bits per heavy atom. The first-order chi connectivity index (χ1) is 6.40. The summed E-state index contributed by atoms with van der Waals surface area (Å²) in [4.78, 5) is 11.2. The Morgan fingerprint density at radius 2 is 1.64 bits per heavy atom. The molecule has 14 heavy (non-hydrogen) atoms. The Bertz CT molecular complexity index is 179. The highest BCUT2D eigenvalue weighted by atomic mass is 16.4. The van der Waals surface area contributed by atoms with Gasteiger partial charge in [-0.25, -0.2) is 0 Å². The second kappa shape index (κ2) is 6.11. The molecule has 0 rings (SSSR count). The van der Waals surface area contributed by atoms with Crippen LogP contribution in [0.1, 0.15) is 33.6 Å². The van der Waals surface area contributed by atoms with E-state index in [2.05, 4.69) is 0 Å². The average molecular weight is 204 g/mol. The third-order valence-corrected chi connectivity index (χ3v) is 2.26. The number of rotatable bonds is 6. The van der Waals surface area contributed by atoms with E-state index in [9.17, 15) is 20.1 Å². The fourth-order valence-electron chi connectivity index (χ4n) is 1.06. The first-order valence-corrected chi connectivity index (χ1v) is 4.97. The smallest absolute Gasteiger partial charge is 0.138 e. The van der Waals surface area contributed by atoms with Gasteiger partial charge >= 0.3 is 0 Å². The second-order valence-corrected chi connectivity index (χ2v) is 3.86. The van der Waals surface area contributed by atoms with Crippen molar-refractivity contribution < 1.29 is 20.1 Å². The molecule has 0 aromatic heterocycles. The number of aliphatic hydroxyl groups is 3. The highest BCUT2D eigenvalue weighted by molar-refractivity contribution is 5.80. The minimum atomic E-state index is -1.23. The lowest BCUT2D eigenvalue weighted by Crippen LogP contribution is -2.38.